The van der Waals surface area contributed by atoms with E-state index in [2.05, 4.69) is 51.1 Å². The number of hydrogen-bond donors (Lipinski definition) is 4. The second kappa shape index (κ2) is 7.93. The molecule has 5 atom stereocenters. The third-order valence-corrected chi connectivity index (χ3v) is 7.83. The molecular formula is C24H30O5S. The average molecular weight is 431 g/mol. The van der Waals surface area contributed by atoms with Gasteiger partial charge in [0.25, 0.3) is 0 Å². The maximum Gasteiger partial charge on any atom is 0.168 e. The van der Waals surface area contributed by atoms with Crippen LogP contribution in [0.2, 0.25) is 0 Å². The Morgan fingerprint density at radius 3 is 2.30 bits per heavy atom. The van der Waals surface area contributed by atoms with E-state index in [0.29, 0.717) is 6.61 Å². The Balaban J connectivity index is 1.63. The lowest BCUT2D eigenvalue weighted by Gasteiger charge is -2.45. The molecule has 4 rings (SSSR count). The van der Waals surface area contributed by atoms with Gasteiger partial charge in [-0.2, -0.15) is 0 Å². The maximum absolute atomic E-state index is 10.8. The minimum atomic E-state index is -1.39. The largest absolute Gasteiger partial charge is 0.395 e. The molecule has 1 fully saturated rings. The van der Waals surface area contributed by atoms with Gasteiger partial charge in [-0.1, -0.05) is 63.2 Å². The van der Waals surface area contributed by atoms with Crippen LogP contribution in [-0.4, -0.2) is 50.6 Å². The van der Waals surface area contributed by atoms with Crippen molar-refractivity contribution in [2.75, 3.05) is 6.61 Å². The monoisotopic (exact) mass is 430 g/mol. The molecule has 2 aromatic carbocycles. The van der Waals surface area contributed by atoms with E-state index in [0.717, 1.165) is 23.1 Å². The first-order chi connectivity index (χ1) is 14.2. The normalized spacial score (nSPS) is 31.2. The molecule has 2 heterocycles. The van der Waals surface area contributed by atoms with Crippen molar-refractivity contribution in [2.24, 2.45) is 0 Å². The number of aliphatic hydroxyl groups excluding tert-OH is 4. The van der Waals surface area contributed by atoms with E-state index in [-0.39, 0.29) is 12.0 Å². The van der Waals surface area contributed by atoms with E-state index < -0.39 is 28.5 Å². The Hall–Kier alpha value is -1.41. The summed E-state index contributed by atoms with van der Waals surface area (Å²) in [5.41, 5.74) is 5.44. The first kappa shape index (κ1) is 21.8. The summed E-state index contributed by atoms with van der Waals surface area (Å²) in [6.45, 7) is 6.59. The summed E-state index contributed by atoms with van der Waals surface area (Å²) in [5, 5.41) is 40.4. The molecule has 1 saturated heterocycles. The van der Waals surface area contributed by atoms with Gasteiger partial charge >= 0.3 is 0 Å². The highest BCUT2D eigenvalue weighted by Crippen LogP contribution is 2.54. The first-order valence-electron chi connectivity index (χ1n) is 10.3. The lowest BCUT2D eigenvalue weighted by atomic mass is 9.86. The molecule has 1 spiro atoms. The molecule has 0 radical (unpaired) electrons. The molecule has 2 aliphatic rings. The third kappa shape index (κ3) is 3.70. The van der Waals surface area contributed by atoms with Crippen molar-refractivity contribution >= 4 is 11.8 Å². The second-order valence-corrected chi connectivity index (χ2v) is 10.8. The van der Waals surface area contributed by atoms with Gasteiger partial charge in [-0.15, -0.1) is 11.8 Å². The number of hydrogen-bond acceptors (Lipinski definition) is 6. The fraction of sp³-hybridized carbons (Fsp3) is 0.500. The Bertz CT molecular complexity index is 905. The van der Waals surface area contributed by atoms with E-state index in [1.54, 1.807) is 0 Å². The predicted molar refractivity (Wildman–Crippen MR) is 117 cm³/mol. The van der Waals surface area contributed by atoms with E-state index in [9.17, 15) is 20.4 Å². The summed E-state index contributed by atoms with van der Waals surface area (Å²) in [6.07, 6.45) is -3.15. The van der Waals surface area contributed by atoms with Crippen LogP contribution in [0.4, 0.5) is 0 Å². The number of rotatable bonds is 3. The lowest BCUT2D eigenvalue weighted by molar-refractivity contribution is -0.147. The summed E-state index contributed by atoms with van der Waals surface area (Å²) in [6, 6.07) is 14.7. The molecule has 0 aliphatic carbocycles. The Morgan fingerprint density at radius 2 is 1.67 bits per heavy atom. The Labute approximate surface area is 181 Å². The van der Waals surface area contributed by atoms with Gasteiger partial charge in [0.15, 0.2) is 4.93 Å². The molecule has 5 nitrogen and oxygen atoms in total. The van der Waals surface area contributed by atoms with Crippen molar-refractivity contribution < 1.29 is 25.2 Å². The van der Waals surface area contributed by atoms with Gasteiger partial charge in [-0.05, 0) is 34.1 Å². The molecule has 162 valence electrons. The zero-order valence-corrected chi connectivity index (χ0v) is 18.4. The summed E-state index contributed by atoms with van der Waals surface area (Å²) < 4.78 is 6.00. The number of fused-ring (bicyclic) bond motifs is 2. The molecule has 0 aromatic heterocycles. The molecule has 0 saturated carbocycles. The molecule has 30 heavy (non-hydrogen) atoms. The standard InChI is InChI=1S/C24H30O5S/c1-23(2,3)17-8-5-14(6-9-17)10-15-4-7-16-13-29-24(18(16)11-15)22(28)21(27)20(26)19(12-25)30-24/h4-9,11,19-22,25-28H,10,12-13H2,1-3H3/t19-,20-,21+,22-,24?/m1/s1. The van der Waals surface area contributed by atoms with Crippen LogP contribution in [0.25, 0.3) is 0 Å². The van der Waals surface area contributed by atoms with Crippen LogP contribution in [0.3, 0.4) is 0 Å². The van der Waals surface area contributed by atoms with E-state index in [1.807, 2.05) is 12.1 Å². The van der Waals surface area contributed by atoms with Crippen molar-refractivity contribution in [3.05, 3.63) is 70.3 Å². The van der Waals surface area contributed by atoms with Crippen molar-refractivity contribution in [3.63, 3.8) is 0 Å². The molecule has 2 aromatic rings. The van der Waals surface area contributed by atoms with Crippen LogP contribution in [0.15, 0.2) is 42.5 Å². The zero-order valence-electron chi connectivity index (χ0n) is 17.6. The van der Waals surface area contributed by atoms with Gasteiger partial charge in [0.05, 0.1) is 24.6 Å². The molecular weight excluding hydrogens is 400 g/mol. The fourth-order valence-electron chi connectivity index (χ4n) is 4.29. The van der Waals surface area contributed by atoms with Crippen LogP contribution in [0.1, 0.15) is 48.6 Å². The van der Waals surface area contributed by atoms with E-state index in [1.165, 1.54) is 22.9 Å². The van der Waals surface area contributed by atoms with Gasteiger partial charge in [-0.25, -0.2) is 0 Å². The number of benzene rings is 2. The first-order valence-corrected chi connectivity index (χ1v) is 11.2. The topological polar surface area (TPSA) is 90.2 Å². The number of ether oxygens (including phenoxy) is 1. The molecule has 2 aliphatic heterocycles. The Morgan fingerprint density at radius 1 is 1.00 bits per heavy atom. The van der Waals surface area contributed by atoms with Crippen LogP contribution >= 0.6 is 11.8 Å². The summed E-state index contributed by atoms with van der Waals surface area (Å²) in [5.74, 6) is 0. The second-order valence-electron chi connectivity index (χ2n) is 9.34. The minimum absolute atomic E-state index is 0.110. The number of thioether (sulfide) groups is 1. The predicted octanol–water partition coefficient (Wildman–Crippen LogP) is 2.45. The van der Waals surface area contributed by atoms with Crippen LogP contribution in [0.5, 0.6) is 0 Å². The molecule has 0 amide bonds. The Kier molecular flexibility index (Phi) is 5.77. The van der Waals surface area contributed by atoms with Crippen molar-refractivity contribution in [1.82, 2.24) is 0 Å². The van der Waals surface area contributed by atoms with Gasteiger partial charge < -0.3 is 25.2 Å². The molecule has 0 bridgehead atoms. The third-order valence-electron chi connectivity index (χ3n) is 6.17. The summed E-state index contributed by atoms with van der Waals surface area (Å²) >= 11 is 1.19. The van der Waals surface area contributed by atoms with Crippen molar-refractivity contribution in [2.45, 2.75) is 67.7 Å². The van der Waals surface area contributed by atoms with Crippen molar-refractivity contribution in [1.29, 1.82) is 0 Å². The van der Waals surface area contributed by atoms with Gasteiger partial charge in [0, 0.05) is 5.56 Å². The van der Waals surface area contributed by atoms with E-state index in [4.69, 9.17) is 4.74 Å². The highest BCUT2D eigenvalue weighted by Gasteiger charge is 2.57. The van der Waals surface area contributed by atoms with Crippen LogP contribution in [-0.2, 0) is 28.1 Å². The van der Waals surface area contributed by atoms with E-state index >= 15 is 0 Å². The van der Waals surface area contributed by atoms with Gasteiger partial charge in [0.2, 0.25) is 0 Å². The smallest absolute Gasteiger partial charge is 0.168 e. The minimum Gasteiger partial charge on any atom is -0.395 e. The van der Waals surface area contributed by atoms with Crippen molar-refractivity contribution in [3.8, 4) is 0 Å². The zero-order chi connectivity index (χ0) is 21.7. The quantitative estimate of drug-likeness (QED) is 0.598. The maximum atomic E-state index is 10.8. The van der Waals surface area contributed by atoms with Gasteiger partial charge in [0.1, 0.15) is 12.2 Å². The highest BCUT2D eigenvalue weighted by molar-refractivity contribution is 8.00. The van der Waals surface area contributed by atoms with Crippen LogP contribution < -0.4 is 0 Å². The summed E-state index contributed by atoms with van der Waals surface area (Å²) in [7, 11) is 0. The van der Waals surface area contributed by atoms with Crippen LogP contribution in [0, 0.1) is 0 Å². The fourth-order valence-corrected chi connectivity index (χ4v) is 5.84. The lowest BCUT2D eigenvalue weighted by Crippen LogP contribution is -2.58. The molecule has 6 heteroatoms. The average Bonchev–Trinajstić information content (AvgIpc) is 3.08. The van der Waals surface area contributed by atoms with Gasteiger partial charge in [-0.3, -0.25) is 0 Å². The number of aliphatic hydroxyl groups is 4. The summed E-state index contributed by atoms with van der Waals surface area (Å²) in [4.78, 5) is -1.19. The highest BCUT2D eigenvalue weighted by atomic mass is 32.2. The molecule has 4 N–H and O–H groups in total. The molecule has 1 unspecified atom stereocenters. The SMILES string of the molecule is CC(C)(C)c1ccc(Cc2ccc3c(c2)C2(OC3)S[C@H](CO)[C@@H](O)[C@H](O)[C@H]2O)cc1.